The molecule has 0 aliphatic carbocycles. The van der Waals surface area contributed by atoms with Crippen LogP contribution in [0.1, 0.15) is 40.6 Å². The van der Waals surface area contributed by atoms with Gasteiger partial charge >= 0.3 is 5.97 Å². The highest BCUT2D eigenvalue weighted by molar-refractivity contribution is 7.21. The lowest BCUT2D eigenvalue weighted by molar-refractivity contribution is -0.123. The molecule has 0 aliphatic rings. The largest absolute Gasteiger partial charge is 0.484 e. The molecule has 4 aromatic rings. The van der Waals surface area contributed by atoms with Gasteiger partial charge < -0.3 is 9.47 Å². The lowest BCUT2D eigenvalue weighted by Gasteiger charge is -2.07. The zero-order chi connectivity index (χ0) is 25.3. The first-order valence-corrected chi connectivity index (χ1v) is 12.8. The number of ether oxygens (including phenoxy) is 2. The number of hydrogen-bond acceptors (Lipinski definition) is 6. The van der Waals surface area contributed by atoms with Crippen molar-refractivity contribution >= 4 is 51.1 Å². The number of hydrogen-bond donors (Lipinski definition) is 1. The topological polar surface area (TPSA) is 77.0 Å². The van der Waals surface area contributed by atoms with Crippen LogP contribution in [0, 0.1) is 0 Å². The summed E-state index contributed by atoms with van der Waals surface area (Å²) in [5.41, 5.74) is 4.19. The molecule has 184 valence electrons. The van der Waals surface area contributed by atoms with Crippen LogP contribution in [-0.4, -0.2) is 24.7 Å². The predicted octanol–water partition coefficient (Wildman–Crippen LogP) is 6.65. The maximum atomic E-state index is 12.8. The van der Waals surface area contributed by atoms with Gasteiger partial charge in [-0.3, -0.25) is 4.79 Å². The molecule has 1 amide bonds. The van der Waals surface area contributed by atoms with Gasteiger partial charge in [-0.05, 0) is 48.7 Å². The molecule has 1 aromatic heterocycles. The second kappa shape index (κ2) is 12.3. The van der Waals surface area contributed by atoms with Crippen molar-refractivity contribution in [2.45, 2.75) is 26.2 Å². The number of nitrogens with zero attached hydrogens (tertiary/aromatic N) is 1. The number of rotatable bonds is 10. The molecule has 4 rings (SSSR count). The number of benzene rings is 3. The van der Waals surface area contributed by atoms with Crippen molar-refractivity contribution in [3.8, 4) is 11.5 Å². The van der Waals surface area contributed by atoms with Crippen LogP contribution in [0.15, 0.2) is 77.9 Å². The molecule has 0 fully saturated rings. The van der Waals surface area contributed by atoms with E-state index < -0.39 is 11.9 Å². The number of para-hydroxylation sites is 1. The van der Waals surface area contributed by atoms with Crippen LogP contribution >= 0.6 is 22.9 Å². The summed E-state index contributed by atoms with van der Waals surface area (Å²) in [4.78, 5) is 25.3. The van der Waals surface area contributed by atoms with E-state index in [4.69, 9.17) is 21.1 Å². The van der Waals surface area contributed by atoms with E-state index in [1.54, 1.807) is 24.3 Å². The Bertz CT molecular complexity index is 1380. The molecule has 0 bridgehead atoms. The zero-order valence-corrected chi connectivity index (χ0v) is 21.3. The first-order valence-electron chi connectivity index (χ1n) is 11.6. The molecule has 0 atom stereocenters. The van der Waals surface area contributed by atoms with Crippen LogP contribution < -0.4 is 14.9 Å². The van der Waals surface area contributed by atoms with Gasteiger partial charge in [0.2, 0.25) is 0 Å². The van der Waals surface area contributed by atoms with Crippen LogP contribution in [0.5, 0.6) is 11.5 Å². The molecule has 1 N–H and O–H groups in total. The lowest BCUT2D eigenvalue weighted by Crippen LogP contribution is -2.24. The summed E-state index contributed by atoms with van der Waals surface area (Å²) in [6.07, 6.45) is 4.73. The monoisotopic (exact) mass is 520 g/mol. The first-order chi connectivity index (χ1) is 17.5. The number of carbonyl (C=O) groups excluding carboxylic acids is 2. The third-order valence-electron chi connectivity index (χ3n) is 5.35. The Labute approximate surface area is 218 Å². The molecule has 36 heavy (non-hydrogen) atoms. The van der Waals surface area contributed by atoms with Crippen molar-refractivity contribution in [2.75, 3.05) is 6.61 Å². The minimum absolute atomic E-state index is 0.174. The van der Waals surface area contributed by atoms with Crippen molar-refractivity contribution < 1.29 is 19.1 Å². The maximum Gasteiger partial charge on any atom is 0.355 e. The zero-order valence-electron chi connectivity index (χ0n) is 19.7. The summed E-state index contributed by atoms with van der Waals surface area (Å²) in [5, 5.41) is 5.15. The summed E-state index contributed by atoms with van der Waals surface area (Å²) in [6, 6.07) is 22.1. The molecule has 3 aromatic carbocycles. The van der Waals surface area contributed by atoms with Crippen molar-refractivity contribution in [3.63, 3.8) is 0 Å². The number of aryl methyl sites for hydroxylation is 1. The van der Waals surface area contributed by atoms with Crippen LogP contribution in [0.4, 0.5) is 0 Å². The Balaban J connectivity index is 1.33. The maximum absolute atomic E-state index is 12.8. The highest BCUT2D eigenvalue weighted by atomic mass is 35.5. The molecular weight excluding hydrogens is 496 g/mol. The van der Waals surface area contributed by atoms with Gasteiger partial charge in [0, 0.05) is 15.6 Å². The molecule has 0 saturated carbocycles. The molecule has 8 heteroatoms. The fourth-order valence-corrected chi connectivity index (χ4v) is 4.84. The van der Waals surface area contributed by atoms with E-state index in [9.17, 15) is 9.59 Å². The fourth-order valence-electron chi connectivity index (χ4n) is 3.46. The van der Waals surface area contributed by atoms with E-state index in [1.165, 1.54) is 23.1 Å². The summed E-state index contributed by atoms with van der Waals surface area (Å²) in [5.74, 6) is -0.0481. The van der Waals surface area contributed by atoms with Crippen molar-refractivity contribution in [2.24, 2.45) is 5.10 Å². The Morgan fingerprint density at radius 1 is 1.03 bits per heavy atom. The lowest BCUT2D eigenvalue weighted by atomic mass is 10.1. The third kappa shape index (κ3) is 6.50. The van der Waals surface area contributed by atoms with Gasteiger partial charge in [0.25, 0.3) is 5.91 Å². The van der Waals surface area contributed by atoms with E-state index in [0.717, 1.165) is 29.3 Å². The van der Waals surface area contributed by atoms with E-state index in [-0.39, 0.29) is 6.61 Å². The van der Waals surface area contributed by atoms with Crippen LogP contribution in [0.3, 0.4) is 0 Å². The second-order valence-electron chi connectivity index (χ2n) is 8.00. The molecule has 1 heterocycles. The van der Waals surface area contributed by atoms with Crippen LogP contribution in [-0.2, 0) is 11.2 Å². The average molecular weight is 521 g/mol. The predicted molar refractivity (Wildman–Crippen MR) is 145 cm³/mol. The molecule has 0 radical (unpaired) electrons. The highest BCUT2D eigenvalue weighted by Crippen LogP contribution is 2.36. The minimum atomic E-state index is -0.555. The number of unbranched alkanes of at least 4 members (excludes halogenated alkanes) is 1. The van der Waals surface area contributed by atoms with Crippen molar-refractivity contribution in [1.29, 1.82) is 0 Å². The van der Waals surface area contributed by atoms with Crippen LogP contribution in [0.25, 0.3) is 10.1 Å². The van der Waals surface area contributed by atoms with Crippen molar-refractivity contribution in [1.82, 2.24) is 5.43 Å². The van der Waals surface area contributed by atoms with E-state index in [2.05, 4.69) is 17.5 Å². The number of halogens is 1. The smallest absolute Gasteiger partial charge is 0.355 e. The number of hydrazone groups is 1. The molecular formula is C28H25ClN2O4S. The first kappa shape index (κ1) is 25.4. The highest BCUT2D eigenvalue weighted by Gasteiger charge is 2.19. The fraction of sp³-hybridized carbons (Fsp3) is 0.179. The standard InChI is InChI=1S/C28H25ClN2O4S/c1-2-3-8-19-13-15-21(16-14-19)34-18-25(32)31-30-17-20-9-4-6-11-23(20)35-28(33)27-26(29)22-10-5-7-12-24(22)36-27/h4-7,9-17H,2-3,8,18H2,1H3,(H,31,32). The summed E-state index contributed by atoms with van der Waals surface area (Å²) < 4.78 is 12.0. The minimum Gasteiger partial charge on any atom is -0.484 e. The normalized spacial score (nSPS) is 11.1. The van der Waals surface area contributed by atoms with Crippen LogP contribution in [0.2, 0.25) is 5.02 Å². The summed E-state index contributed by atoms with van der Waals surface area (Å²) in [6.45, 7) is 1.99. The van der Waals surface area contributed by atoms with Gasteiger partial charge in [-0.1, -0.05) is 67.4 Å². The third-order valence-corrected chi connectivity index (χ3v) is 7.00. The van der Waals surface area contributed by atoms with E-state index in [0.29, 0.717) is 27.0 Å². The number of carbonyl (C=O) groups is 2. The van der Waals surface area contributed by atoms with Gasteiger partial charge in [0.15, 0.2) is 6.61 Å². The molecule has 0 unspecified atom stereocenters. The van der Waals surface area contributed by atoms with E-state index >= 15 is 0 Å². The van der Waals surface area contributed by atoms with Gasteiger partial charge in [0.05, 0.1) is 11.2 Å². The molecule has 0 spiro atoms. The number of thiophene rings is 1. The van der Waals surface area contributed by atoms with E-state index in [1.807, 2.05) is 48.5 Å². The summed E-state index contributed by atoms with van der Waals surface area (Å²) >= 11 is 7.68. The second-order valence-corrected chi connectivity index (χ2v) is 9.43. The summed E-state index contributed by atoms with van der Waals surface area (Å²) in [7, 11) is 0. The Hall–Kier alpha value is -3.68. The molecule has 0 aliphatic heterocycles. The quantitative estimate of drug-likeness (QED) is 0.110. The average Bonchev–Trinajstić information content (AvgIpc) is 3.24. The van der Waals surface area contributed by atoms with Gasteiger partial charge in [0.1, 0.15) is 16.4 Å². The van der Waals surface area contributed by atoms with Gasteiger partial charge in [-0.15, -0.1) is 11.3 Å². The number of nitrogens with one attached hydrogen (secondary N) is 1. The van der Waals surface area contributed by atoms with Crippen molar-refractivity contribution in [3.05, 3.63) is 93.8 Å². The molecule has 0 saturated heterocycles. The Morgan fingerprint density at radius 2 is 1.78 bits per heavy atom. The van der Waals surface area contributed by atoms with Gasteiger partial charge in [-0.25, -0.2) is 10.2 Å². The Kier molecular flexibility index (Phi) is 8.71. The molecule has 6 nitrogen and oxygen atoms in total. The number of esters is 1. The Morgan fingerprint density at radius 3 is 2.56 bits per heavy atom. The van der Waals surface area contributed by atoms with Gasteiger partial charge in [-0.2, -0.15) is 5.10 Å². The SMILES string of the molecule is CCCCc1ccc(OCC(=O)NN=Cc2ccccc2OC(=O)c2sc3ccccc3c2Cl)cc1. The number of fused-ring (bicyclic) bond motifs is 1. The number of amides is 1.